The van der Waals surface area contributed by atoms with Crippen molar-refractivity contribution in [2.45, 2.75) is 33.6 Å². The maximum absolute atomic E-state index is 11.6. The van der Waals surface area contributed by atoms with Gasteiger partial charge in [-0.25, -0.2) is 0 Å². The zero-order valence-corrected chi connectivity index (χ0v) is 10.5. The Morgan fingerprint density at radius 3 is 2.31 bits per heavy atom. The minimum Gasteiger partial charge on any atom is -0.465 e. The zero-order chi connectivity index (χ0) is 12.2. The van der Waals surface area contributed by atoms with Gasteiger partial charge in [-0.05, 0) is 26.3 Å². The van der Waals surface area contributed by atoms with Crippen molar-refractivity contribution >= 4 is 5.97 Å². The Morgan fingerprint density at radius 1 is 1.25 bits per heavy atom. The van der Waals surface area contributed by atoms with Gasteiger partial charge >= 0.3 is 5.97 Å². The molecule has 1 rings (SSSR count). The molecule has 0 heterocycles. The van der Waals surface area contributed by atoms with Crippen LogP contribution in [0.15, 0.2) is 30.3 Å². The molecule has 1 aromatic rings. The Bertz CT molecular complexity index is 336. The van der Waals surface area contributed by atoms with Gasteiger partial charge in [0, 0.05) is 5.92 Å². The molecular weight excluding hydrogens is 200 g/mol. The molecule has 16 heavy (non-hydrogen) atoms. The number of ether oxygens (including phenoxy) is 1. The first kappa shape index (κ1) is 12.8. The van der Waals surface area contributed by atoms with Crippen LogP contribution in [0, 0.1) is 5.41 Å². The van der Waals surface area contributed by atoms with E-state index in [1.165, 1.54) is 5.56 Å². The van der Waals surface area contributed by atoms with Crippen LogP contribution in [0.4, 0.5) is 0 Å². The van der Waals surface area contributed by atoms with E-state index in [1.54, 1.807) is 0 Å². The van der Waals surface area contributed by atoms with Crippen molar-refractivity contribution in [1.82, 2.24) is 0 Å². The van der Waals surface area contributed by atoms with E-state index in [4.69, 9.17) is 4.74 Å². The highest BCUT2D eigenvalue weighted by Gasteiger charge is 2.23. The lowest BCUT2D eigenvalue weighted by atomic mass is 9.97. The quantitative estimate of drug-likeness (QED) is 0.730. The van der Waals surface area contributed by atoms with Crippen molar-refractivity contribution in [1.29, 1.82) is 0 Å². The topological polar surface area (TPSA) is 26.3 Å². The third-order valence-corrected chi connectivity index (χ3v) is 2.45. The fourth-order valence-electron chi connectivity index (χ4n) is 1.29. The van der Waals surface area contributed by atoms with Crippen molar-refractivity contribution < 1.29 is 9.53 Å². The van der Waals surface area contributed by atoms with E-state index < -0.39 is 5.41 Å². The third-order valence-electron chi connectivity index (χ3n) is 2.45. The van der Waals surface area contributed by atoms with E-state index in [0.717, 1.165) is 0 Å². The molecule has 0 fully saturated rings. The molecule has 0 aliphatic carbocycles. The number of hydrogen-bond donors (Lipinski definition) is 0. The highest BCUT2D eigenvalue weighted by Crippen LogP contribution is 2.19. The van der Waals surface area contributed by atoms with E-state index in [9.17, 15) is 4.79 Å². The molecule has 0 saturated carbocycles. The molecule has 0 unspecified atom stereocenters. The fourth-order valence-corrected chi connectivity index (χ4v) is 1.29. The van der Waals surface area contributed by atoms with Gasteiger partial charge in [-0.3, -0.25) is 4.79 Å². The van der Waals surface area contributed by atoms with E-state index in [2.05, 4.69) is 19.1 Å². The van der Waals surface area contributed by atoms with Gasteiger partial charge in [0.25, 0.3) is 0 Å². The predicted octanol–water partition coefficient (Wildman–Crippen LogP) is 3.38. The molecule has 2 nitrogen and oxygen atoms in total. The normalized spacial score (nSPS) is 13.2. The highest BCUT2D eigenvalue weighted by molar-refractivity contribution is 5.75. The van der Waals surface area contributed by atoms with Crippen molar-refractivity contribution in [2.24, 2.45) is 5.41 Å². The number of carbonyl (C=O) groups is 1. The van der Waals surface area contributed by atoms with Crippen LogP contribution in [0.3, 0.4) is 0 Å². The highest BCUT2D eigenvalue weighted by atomic mass is 16.5. The van der Waals surface area contributed by atoms with Gasteiger partial charge in [-0.1, -0.05) is 37.3 Å². The Kier molecular flexibility index (Phi) is 4.11. The minimum absolute atomic E-state index is 0.143. The lowest BCUT2D eigenvalue weighted by molar-refractivity contribution is -0.153. The van der Waals surface area contributed by atoms with Gasteiger partial charge in [0.2, 0.25) is 0 Å². The summed E-state index contributed by atoms with van der Waals surface area (Å²) < 4.78 is 5.28. The van der Waals surface area contributed by atoms with Crippen LogP contribution < -0.4 is 0 Å². The Morgan fingerprint density at radius 2 is 1.81 bits per heavy atom. The predicted molar refractivity (Wildman–Crippen MR) is 65.3 cm³/mol. The average molecular weight is 220 g/mol. The summed E-state index contributed by atoms with van der Waals surface area (Å²) in [5.41, 5.74) is 0.778. The molecule has 0 aromatic heterocycles. The van der Waals surface area contributed by atoms with E-state index in [-0.39, 0.29) is 11.9 Å². The molecule has 2 heteroatoms. The maximum Gasteiger partial charge on any atom is 0.311 e. The van der Waals surface area contributed by atoms with Crippen molar-refractivity contribution in [2.75, 3.05) is 6.61 Å². The van der Waals surface area contributed by atoms with Crippen LogP contribution in [-0.4, -0.2) is 12.6 Å². The molecule has 0 bridgehead atoms. The molecule has 1 atom stereocenters. The summed E-state index contributed by atoms with van der Waals surface area (Å²) in [5.74, 6) is 0.0998. The summed E-state index contributed by atoms with van der Waals surface area (Å²) in [5, 5.41) is 0. The van der Waals surface area contributed by atoms with E-state index >= 15 is 0 Å². The molecule has 0 amide bonds. The molecule has 0 aliphatic heterocycles. The molecule has 0 radical (unpaired) electrons. The molecule has 0 N–H and O–H groups in total. The zero-order valence-electron chi connectivity index (χ0n) is 10.5. The van der Waals surface area contributed by atoms with Crippen molar-refractivity contribution in [3.63, 3.8) is 0 Å². The lowest BCUT2D eigenvalue weighted by Crippen LogP contribution is -2.24. The average Bonchev–Trinajstić information content (AvgIpc) is 2.25. The fraction of sp³-hybridized carbons (Fsp3) is 0.500. The molecule has 88 valence electrons. The SMILES string of the molecule is C[C@@H](COC(=O)C(C)(C)C)c1ccccc1. The van der Waals surface area contributed by atoms with Gasteiger partial charge < -0.3 is 4.74 Å². The Hall–Kier alpha value is -1.31. The second kappa shape index (κ2) is 5.15. The summed E-state index contributed by atoms with van der Waals surface area (Å²) in [4.78, 5) is 11.6. The van der Waals surface area contributed by atoms with Gasteiger partial charge in [0.05, 0.1) is 12.0 Å². The summed E-state index contributed by atoms with van der Waals surface area (Å²) >= 11 is 0. The monoisotopic (exact) mass is 220 g/mol. The van der Waals surface area contributed by atoms with Gasteiger partial charge in [-0.2, -0.15) is 0 Å². The smallest absolute Gasteiger partial charge is 0.311 e. The molecule has 0 saturated heterocycles. The standard InChI is InChI=1S/C14H20O2/c1-11(12-8-6-5-7-9-12)10-16-13(15)14(2,3)4/h5-9,11H,10H2,1-4H3/t11-/m0/s1. The molecule has 1 aromatic carbocycles. The van der Waals surface area contributed by atoms with Crippen LogP contribution in [-0.2, 0) is 9.53 Å². The van der Waals surface area contributed by atoms with Crippen LogP contribution in [0.2, 0.25) is 0 Å². The first-order valence-electron chi connectivity index (χ1n) is 5.63. The van der Waals surface area contributed by atoms with Crippen LogP contribution >= 0.6 is 0 Å². The molecular formula is C14H20O2. The summed E-state index contributed by atoms with van der Waals surface area (Å²) in [7, 11) is 0. The van der Waals surface area contributed by atoms with Crippen LogP contribution in [0.5, 0.6) is 0 Å². The number of hydrogen-bond acceptors (Lipinski definition) is 2. The summed E-state index contributed by atoms with van der Waals surface area (Å²) in [6.45, 7) is 8.10. The number of carbonyl (C=O) groups excluding carboxylic acids is 1. The van der Waals surface area contributed by atoms with Crippen molar-refractivity contribution in [3.8, 4) is 0 Å². The van der Waals surface area contributed by atoms with Crippen LogP contribution in [0.1, 0.15) is 39.2 Å². The number of rotatable bonds is 3. The maximum atomic E-state index is 11.6. The summed E-state index contributed by atoms with van der Waals surface area (Å²) in [6, 6.07) is 10.1. The second-order valence-corrected chi connectivity index (χ2v) is 5.16. The van der Waals surface area contributed by atoms with E-state index in [0.29, 0.717) is 6.61 Å². The van der Waals surface area contributed by atoms with Crippen LogP contribution in [0.25, 0.3) is 0 Å². The molecule has 0 spiro atoms. The Labute approximate surface area is 97.6 Å². The number of benzene rings is 1. The van der Waals surface area contributed by atoms with Gasteiger partial charge in [0.15, 0.2) is 0 Å². The largest absolute Gasteiger partial charge is 0.465 e. The third kappa shape index (κ3) is 3.69. The lowest BCUT2D eigenvalue weighted by Gasteiger charge is -2.19. The molecule has 0 aliphatic rings. The first-order chi connectivity index (χ1) is 7.41. The van der Waals surface area contributed by atoms with E-state index in [1.807, 2.05) is 39.0 Å². The first-order valence-corrected chi connectivity index (χ1v) is 5.63. The Balaban J connectivity index is 2.48. The van der Waals surface area contributed by atoms with Crippen molar-refractivity contribution in [3.05, 3.63) is 35.9 Å². The van der Waals surface area contributed by atoms with Gasteiger partial charge in [-0.15, -0.1) is 0 Å². The second-order valence-electron chi connectivity index (χ2n) is 5.16. The summed E-state index contributed by atoms with van der Waals surface area (Å²) in [6.07, 6.45) is 0. The number of esters is 1. The minimum atomic E-state index is -0.420. The van der Waals surface area contributed by atoms with Gasteiger partial charge in [0.1, 0.15) is 0 Å².